The number of aryl methyl sites for hydroxylation is 1. The van der Waals surface area contributed by atoms with E-state index in [2.05, 4.69) is 48.5 Å². The molecule has 5 heteroatoms. The second-order valence-corrected chi connectivity index (χ2v) is 6.51. The molecule has 1 aromatic heterocycles. The van der Waals surface area contributed by atoms with Crippen LogP contribution in [-0.4, -0.2) is 26.4 Å². The number of carboxylic acid groups (broad SMARTS) is 1. The van der Waals surface area contributed by atoms with Gasteiger partial charge in [0, 0.05) is 6.04 Å². The van der Waals surface area contributed by atoms with Crippen molar-refractivity contribution in [3.05, 3.63) is 23.8 Å². The van der Waals surface area contributed by atoms with Crippen molar-refractivity contribution in [2.45, 2.75) is 45.3 Å². The Labute approximate surface area is 129 Å². The molecule has 1 heterocycles. The summed E-state index contributed by atoms with van der Waals surface area (Å²) >= 11 is 1.30. The summed E-state index contributed by atoms with van der Waals surface area (Å²) in [6, 6.07) is 6.51. The van der Waals surface area contributed by atoms with Gasteiger partial charge in [-0.25, -0.2) is 4.98 Å². The number of nitrogens with zero attached hydrogens (tertiary/aromatic N) is 2. The van der Waals surface area contributed by atoms with Crippen molar-refractivity contribution in [2.75, 3.05) is 5.75 Å². The Bertz CT molecular complexity index is 651. The minimum atomic E-state index is -0.814. The molecule has 4 nitrogen and oxygen atoms in total. The fourth-order valence-corrected chi connectivity index (χ4v) is 3.22. The number of hydrogen-bond donors (Lipinski definition) is 1. The van der Waals surface area contributed by atoms with Crippen LogP contribution in [0.1, 0.15) is 38.8 Å². The molecule has 114 valence electrons. The van der Waals surface area contributed by atoms with Crippen LogP contribution < -0.4 is 0 Å². The Morgan fingerprint density at radius 1 is 1.43 bits per heavy atom. The summed E-state index contributed by atoms with van der Waals surface area (Å²) in [6.07, 6.45) is 1.08. The van der Waals surface area contributed by atoms with Crippen molar-refractivity contribution < 1.29 is 9.90 Å². The SMILES string of the molecule is CCC(C)C(C)n1c(SCC(=O)O)nc2cc(C)ccc21. The van der Waals surface area contributed by atoms with E-state index >= 15 is 0 Å². The average molecular weight is 306 g/mol. The van der Waals surface area contributed by atoms with Crippen molar-refractivity contribution in [2.24, 2.45) is 5.92 Å². The lowest BCUT2D eigenvalue weighted by molar-refractivity contribution is -0.133. The molecule has 0 radical (unpaired) electrons. The number of benzene rings is 1. The lowest BCUT2D eigenvalue weighted by Gasteiger charge is -2.22. The second kappa shape index (κ2) is 6.52. The first-order valence-electron chi connectivity index (χ1n) is 7.27. The van der Waals surface area contributed by atoms with Gasteiger partial charge in [-0.05, 0) is 37.5 Å². The Morgan fingerprint density at radius 2 is 2.14 bits per heavy atom. The zero-order chi connectivity index (χ0) is 15.6. The van der Waals surface area contributed by atoms with Crippen LogP contribution in [0.5, 0.6) is 0 Å². The molecule has 1 aromatic carbocycles. The van der Waals surface area contributed by atoms with E-state index < -0.39 is 5.97 Å². The van der Waals surface area contributed by atoms with E-state index in [9.17, 15) is 4.79 Å². The molecule has 0 aliphatic heterocycles. The number of aliphatic carboxylic acids is 1. The molecule has 1 N–H and O–H groups in total. The first kappa shape index (κ1) is 15.9. The number of carbonyl (C=O) groups is 1. The summed E-state index contributed by atoms with van der Waals surface area (Å²) in [5.74, 6) is -0.269. The van der Waals surface area contributed by atoms with E-state index in [1.165, 1.54) is 11.8 Å². The van der Waals surface area contributed by atoms with Crippen LogP contribution in [-0.2, 0) is 4.79 Å². The maximum atomic E-state index is 10.9. The Balaban J connectivity index is 2.51. The third-order valence-electron chi connectivity index (χ3n) is 4.01. The van der Waals surface area contributed by atoms with Crippen LogP contribution in [0, 0.1) is 12.8 Å². The molecule has 21 heavy (non-hydrogen) atoms. The van der Waals surface area contributed by atoms with Crippen molar-refractivity contribution in [1.29, 1.82) is 0 Å². The topological polar surface area (TPSA) is 55.1 Å². The highest BCUT2D eigenvalue weighted by molar-refractivity contribution is 7.99. The number of rotatable bonds is 6. The van der Waals surface area contributed by atoms with E-state index in [4.69, 9.17) is 5.11 Å². The highest BCUT2D eigenvalue weighted by atomic mass is 32.2. The summed E-state index contributed by atoms with van der Waals surface area (Å²) in [5, 5.41) is 9.72. The average Bonchev–Trinajstić information content (AvgIpc) is 2.80. The van der Waals surface area contributed by atoms with Crippen molar-refractivity contribution >= 4 is 28.8 Å². The van der Waals surface area contributed by atoms with Gasteiger partial charge in [0.15, 0.2) is 5.16 Å². The fourth-order valence-electron chi connectivity index (χ4n) is 2.40. The summed E-state index contributed by atoms with van der Waals surface area (Å²) < 4.78 is 2.19. The highest BCUT2D eigenvalue weighted by Crippen LogP contribution is 2.32. The molecule has 0 amide bonds. The van der Waals surface area contributed by atoms with Gasteiger partial charge in [0.25, 0.3) is 0 Å². The van der Waals surface area contributed by atoms with Crippen molar-refractivity contribution in [1.82, 2.24) is 9.55 Å². The summed E-state index contributed by atoms with van der Waals surface area (Å²) in [7, 11) is 0. The second-order valence-electron chi connectivity index (χ2n) is 5.57. The number of carboxylic acids is 1. The zero-order valence-corrected chi connectivity index (χ0v) is 13.8. The Morgan fingerprint density at radius 3 is 2.76 bits per heavy atom. The molecule has 0 saturated carbocycles. The van der Waals surface area contributed by atoms with Gasteiger partial charge in [-0.3, -0.25) is 4.79 Å². The van der Waals surface area contributed by atoms with Gasteiger partial charge in [-0.15, -0.1) is 0 Å². The lowest BCUT2D eigenvalue weighted by Crippen LogP contribution is -2.15. The van der Waals surface area contributed by atoms with Crippen molar-refractivity contribution in [3.8, 4) is 0 Å². The normalized spacial score (nSPS) is 14.3. The third-order valence-corrected chi connectivity index (χ3v) is 4.95. The Hall–Kier alpha value is -1.49. The largest absolute Gasteiger partial charge is 0.481 e. The van der Waals surface area contributed by atoms with Crippen LogP contribution in [0.3, 0.4) is 0 Å². The number of hydrogen-bond acceptors (Lipinski definition) is 3. The van der Waals surface area contributed by atoms with E-state index in [1.807, 2.05) is 6.92 Å². The Kier molecular flexibility index (Phi) is 4.93. The van der Waals surface area contributed by atoms with Crippen LogP contribution in [0.15, 0.2) is 23.4 Å². The first-order valence-corrected chi connectivity index (χ1v) is 8.25. The first-order chi connectivity index (χ1) is 9.93. The minimum absolute atomic E-state index is 0.0372. The van der Waals surface area contributed by atoms with Gasteiger partial charge in [0.05, 0.1) is 16.8 Å². The summed E-state index contributed by atoms with van der Waals surface area (Å²) in [6.45, 7) is 8.62. The molecule has 0 bridgehead atoms. The van der Waals surface area contributed by atoms with Gasteiger partial charge in [0.2, 0.25) is 0 Å². The number of thioether (sulfide) groups is 1. The maximum absolute atomic E-state index is 10.9. The molecule has 2 aromatic rings. The molecule has 0 saturated heterocycles. The third kappa shape index (κ3) is 3.40. The molecule has 2 rings (SSSR count). The molecular weight excluding hydrogens is 284 g/mol. The van der Waals surface area contributed by atoms with E-state index in [0.29, 0.717) is 12.0 Å². The van der Waals surface area contributed by atoms with E-state index in [-0.39, 0.29) is 5.75 Å². The van der Waals surface area contributed by atoms with Crippen molar-refractivity contribution in [3.63, 3.8) is 0 Å². The lowest BCUT2D eigenvalue weighted by atomic mass is 10.0. The van der Waals surface area contributed by atoms with E-state index in [0.717, 1.165) is 28.2 Å². The molecule has 0 aliphatic rings. The predicted molar refractivity (Wildman–Crippen MR) is 87.0 cm³/mol. The molecule has 2 atom stereocenters. The standard InChI is InChI=1S/C16H22N2O2S/c1-5-11(3)12(4)18-14-7-6-10(2)8-13(14)17-16(18)21-9-15(19)20/h6-8,11-12H,5,9H2,1-4H3,(H,19,20). The van der Waals surface area contributed by atoms with Gasteiger partial charge in [-0.2, -0.15) is 0 Å². The van der Waals surface area contributed by atoms with Crippen LogP contribution in [0.2, 0.25) is 0 Å². The molecule has 0 fully saturated rings. The smallest absolute Gasteiger partial charge is 0.313 e. The quantitative estimate of drug-likeness (QED) is 0.815. The van der Waals surface area contributed by atoms with Gasteiger partial charge < -0.3 is 9.67 Å². The van der Waals surface area contributed by atoms with Gasteiger partial charge in [0.1, 0.15) is 0 Å². The molecule has 2 unspecified atom stereocenters. The summed E-state index contributed by atoms with van der Waals surface area (Å²) in [4.78, 5) is 15.5. The molecule has 0 aliphatic carbocycles. The van der Waals surface area contributed by atoms with E-state index in [1.54, 1.807) is 0 Å². The van der Waals surface area contributed by atoms with Gasteiger partial charge in [-0.1, -0.05) is 38.1 Å². The molecule has 0 spiro atoms. The van der Waals surface area contributed by atoms with Crippen LogP contribution in [0.25, 0.3) is 11.0 Å². The number of fused-ring (bicyclic) bond motifs is 1. The zero-order valence-electron chi connectivity index (χ0n) is 13.0. The summed E-state index contributed by atoms with van der Waals surface area (Å²) in [5.41, 5.74) is 3.19. The number of imidazole rings is 1. The van der Waals surface area contributed by atoms with Crippen LogP contribution >= 0.6 is 11.8 Å². The van der Waals surface area contributed by atoms with Gasteiger partial charge >= 0.3 is 5.97 Å². The maximum Gasteiger partial charge on any atom is 0.313 e. The highest BCUT2D eigenvalue weighted by Gasteiger charge is 2.20. The monoisotopic (exact) mass is 306 g/mol. The fraction of sp³-hybridized carbons (Fsp3) is 0.500. The molecular formula is C16H22N2O2S. The predicted octanol–water partition coefficient (Wildman–Crippen LogP) is 4.13. The van der Waals surface area contributed by atoms with Crippen LogP contribution in [0.4, 0.5) is 0 Å². The minimum Gasteiger partial charge on any atom is -0.481 e. The number of aromatic nitrogens is 2.